The van der Waals surface area contributed by atoms with Crippen molar-refractivity contribution in [2.45, 2.75) is 4.90 Å². The van der Waals surface area contributed by atoms with E-state index in [2.05, 4.69) is 6.58 Å². The minimum atomic E-state index is -3.87. The maximum atomic E-state index is 13.1. The van der Waals surface area contributed by atoms with E-state index in [0.29, 0.717) is 28.4 Å². The van der Waals surface area contributed by atoms with Gasteiger partial charge in [0.15, 0.2) is 0 Å². The van der Waals surface area contributed by atoms with Crippen molar-refractivity contribution in [3.8, 4) is 0 Å². The Morgan fingerprint density at radius 1 is 0.923 bits per heavy atom. The molecule has 2 heterocycles. The van der Waals surface area contributed by atoms with Crippen molar-refractivity contribution < 1.29 is 18.0 Å². The number of rotatable bonds is 3. The Morgan fingerprint density at radius 2 is 1.58 bits per heavy atom. The second-order valence-electron chi connectivity index (χ2n) is 5.58. The monoisotopic (exact) mass is 384 g/mol. The Morgan fingerprint density at radius 3 is 2.23 bits per heavy atom. The zero-order valence-corrected chi connectivity index (χ0v) is 15.0. The number of nitrogens with zero attached hydrogens (tertiary/aromatic N) is 2. The summed E-state index contributed by atoms with van der Waals surface area (Å²) in [5.41, 5.74) is 0.741. The van der Waals surface area contributed by atoms with Gasteiger partial charge in [0.2, 0.25) is 5.12 Å². The Labute approximate surface area is 153 Å². The van der Waals surface area contributed by atoms with Crippen molar-refractivity contribution in [3.63, 3.8) is 0 Å². The summed E-state index contributed by atoms with van der Waals surface area (Å²) in [6.45, 7) is 3.66. The average Bonchev–Trinajstić information content (AvgIpc) is 3.13. The molecule has 0 N–H and O–H groups in total. The highest BCUT2D eigenvalue weighted by atomic mass is 32.2. The van der Waals surface area contributed by atoms with Crippen molar-refractivity contribution in [2.75, 3.05) is 4.90 Å². The van der Waals surface area contributed by atoms with Crippen LogP contribution in [-0.4, -0.2) is 22.7 Å². The van der Waals surface area contributed by atoms with E-state index in [9.17, 15) is 18.0 Å². The first-order valence-corrected chi connectivity index (χ1v) is 9.83. The summed E-state index contributed by atoms with van der Waals surface area (Å²) in [5, 5.41) is -0.408. The van der Waals surface area contributed by atoms with Crippen molar-refractivity contribution in [1.29, 1.82) is 0 Å². The van der Waals surface area contributed by atoms with E-state index < -0.39 is 20.4 Å². The lowest BCUT2D eigenvalue weighted by Crippen LogP contribution is -2.20. The van der Waals surface area contributed by atoms with Crippen LogP contribution in [0.15, 0.2) is 78.0 Å². The highest BCUT2D eigenvalue weighted by Crippen LogP contribution is 2.39. The van der Waals surface area contributed by atoms with Gasteiger partial charge in [0.1, 0.15) is 0 Å². The zero-order chi connectivity index (χ0) is 18.5. The molecule has 0 atom stereocenters. The molecule has 0 spiro atoms. The maximum absolute atomic E-state index is 13.1. The lowest BCUT2D eigenvalue weighted by Gasteiger charge is -2.13. The van der Waals surface area contributed by atoms with Gasteiger partial charge < -0.3 is 0 Å². The molecular weight excluding hydrogens is 372 g/mol. The summed E-state index contributed by atoms with van der Waals surface area (Å²) in [6.07, 6.45) is 1.36. The van der Waals surface area contributed by atoms with E-state index in [4.69, 9.17) is 0 Å². The fraction of sp³-hybridized carbons (Fsp3) is 0. The van der Waals surface area contributed by atoms with Gasteiger partial charge in [-0.25, -0.2) is 12.4 Å². The molecule has 130 valence electrons. The van der Waals surface area contributed by atoms with Gasteiger partial charge in [-0.2, -0.15) is 0 Å². The van der Waals surface area contributed by atoms with Crippen LogP contribution < -0.4 is 4.90 Å². The van der Waals surface area contributed by atoms with Crippen LogP contribution in [0.3, 0.4) is 0 Å². The fourth-order valence-corrected chi connectivity index (χ4v) is 4.90. The molecule has 2 aromatic carbocycles. The molecule has 0 bridgehead atoms. The second kappa shape index (κ2) is 5.86. The number of hydrogen-bond donors (Lipinski definition) is 0. The first-order chi connectivity index (χ1) is 12.4. The summed E-state index contributed by atoms with van der Waals surface area (Å²) in [5.74, 6) is 0. The molecule has 6 nitrogen and oxygen atoms in total. The second-order valence-corrected chi connectivity index (χ2v) is 8.32. The van der Waals surface area contributed by atoms with Gasteiger partial charge >= 0.3 is 0 Å². The number of carbonyl (C=O) groups is 2. The lowest BCUT2D eigenvalue weighted by atomic mass is 10.2. The van der Waals surface area contributed by atoms with Crippen LogP contribution in [0.4, 0.5) is 10.5 Å². The minimum absolute atomic E-state index is 0.0139. The molecule has 1 amide bonds. The van der Waals surface area contributed by atoms with Gasteiger partial charge in [0.05, 0.1) is 21.8 Å². The van der Waals surface area contributed by atoms with E-state index >= 15 is 0 Å². The Hall–Kier alpha value is -2.84. The largest absolute Gasteiger partial charge is 0.298 e. The van der Waals surface area contributed by atoms with Gasteiger partial charge in [-0.1, -0.05) is 43.0 Å². The third kappa shape index (κ3) is 2.38. The molecule has 0 saturated carbocycles. The van der Waals surface area contributed by atoms with Crippen LogP contribution in [-0.2, 0) is 14.8 Å². The number of fused-ring (bicyclic) bond motifs is 1. The van der Waals surface area contributed by atoms with Crippen LogP contribution in [0.25, 0.3) is 10.9 Å². The van der Waals surface area contributed by atoms with E-state index in [-0.39, 0.29) is 10.6 Å². The number of benzene rings is 2. The summed E-state index contributed by atoms with van der Waals surface area (Å²) in [6, 6.07) is 14.8. The number of anilines is 1. The predicted molar refractivity (Wildman–Crippen MR) is 101 cm³/mol. The standard InChI is InChI=1S/C18H12N2O4S2/c1-12-17(21)25-18(22)20(12)16-11-19(15-10-6-5-9-14(15)16)26(23,24)13-7-3-2-4-8-13/h2-11H,1H2. The first-order valence-electron chi connectivity index (χ1n) is 7.57. The maximum Gasteiger partial charge on any atom is 0.298 e. The highest BCUT2D eigenvalue weighted by molar-refractivity contribution is 8.27. The number of hydrogen-bond acceptors (Lipinski definition) is 5. The highest BCUT2D eigenvalue weighted by Gasteiger charge is 2.37. The molecule has 1 aromatic heterocycles. The van der Waals surface area contributed by atoms with E-state index in [1.807, 2.05) is 0 Å². The molecule has 1 saturated heterocycles. The average molecular weight is 384 g/mol. The van der Waals surface area contributed by atoms with Gasteiger partial charge in [0, 0.05) is 23.3 Å². The lowest BCUT2D eigenvalue weighted by molar-refractivity contribution is -0.107. The van der Waals surface area contributed by atoms with Crippen LogP contribution in [0.2, 0.25) is 0 Å². The molecule has 4 rings (SSSR count). The molecule has 1 aliphatic rings. The number of para-hydroxylation sites is 1. The molecule has 1 fully saturated rings. The zero-order valence-electron chi connectivity index (χ0n) is 13.3. The van der Waals surface area contributed by atoms with Crippen LogP contribution in [0.5, 0.6) is 0 Å². The number of aromatic nitrogens is 1. The van der Waals surface area contributed by atoms with Crippen molar-refractivity contribution >= 4 is 48.7 Å². The van der Waals surface area contributed by atoms with Gasteiger partial charge in [-0.15, -0.1) is 0 Å². The minimum Gasteiger partial charge on any atom is -0.279 e. The quantitative estimate of drug-likeness (QED) is 0.645. The molecule has 1 aliphatic heterocycles. The summed E-state index contributed by atoms with van der Waals surface area (Å²) >= 11 is 0.543. The van der Waals surface area contributed by atoms with Crippen molar-refractivity contribution in [2.24, 2.45) is 0 Å². The Kier molecular flexibility index (Phi) is 3.74. The van der Waals surface area contributed by atoms with Gasteiger partial charge in [-0.05, 0) is 18.2 Å². The van der Waals surface area contributed by atoms with Crippen molar-refractivity contribution in [1.82, 2.24) is 3.97 Å². The third-order valence-corrected chi connectivity index (χ3v) is 6.53. The number of thioether (sulfide) groups is 1. The summed E-state index contributed by atoms with van der Waals surface area (Å²) < 4.78 is 27.3. The SMILES string of the molecule is C=C1C(=O)SC(=O)N1c1cn(S(=O)(=O)c2ccccc2)c2ccccc12. The van der Waals surface area contributed by atoms with E-state index in [1.54, 1.807) is 42.5 Å². The summed E-state index contributed by atoms with van der Waals surface area (Å²) in [7, 11) is -3.87. The molecule has 26 heavy (non-hydrogen) atoms. The topological polar surface area (TPSA) is 76.5 Å². The smallest absolute Gasteiger partial charge is 0.279 e. The number of carbonyl (C=O) groups excluding carboxylic acids is 2. The number of amides is 1. The van der Waals surface area contributed by atoms with E-state index in [1.165, 1.54) is 18.3 Å². The van der Waals surface area contributed by atoms with Gasteiger partial charge in [0.25, 0.3) is 15.3 Å². The molecule has 0 unspecified atom stereocenters. The molecule has 0 aliphatic carbocycles. The van der Waals surface area contributed by atoms with E-state index in [0.717, 1.165) is 8.87 Å². The Balaban J connectivity index is 1.98. The van der Waals surface area contributed by atoms with Crippen molar-refractivity contribution in [3.05, 3.63) is 73.1 Å². The summed E-state index contributed by atoms with van der Waals surface area (Å²) in [4.78, 5) is 25.3. The first kappa shape index (κ1) is 16.6. The Bertz CT molecular complexity index is 1180. The van der Waals surface area contributed by atoms with Crippen LogP contribution >= 0.6 is 11.8 Å². The molecular formula is C18H12N2O4S2. The molecule has 8 heteroatoms. The molecule has 0 radical (unpaired) electrons. The third-order valence-electron chi connectivity index (χ3n) is 4.07. The predicted octanol–water partition coefficient (Wildman–Crippen LogP) is 3.59. The van der Waals surface area contributed by atoms with Crippen LogP contribution in [0.1, 0.15) is 0 Å². The molecule has 3 aromatic rings. The normalized spacial score (nSPS) is 15.2. The van der Waals surface area contributed by atoms with Gasteiger partial charge in [-0.3, -0.25) is 14.5 Å². The van der Waals surface area contributed by atoms with Crippen LogP contribution in [0, 0.1) is 0 Å². The fourth-order valence-electron chi connectivity index (χ4n) is 2.84.